The number of hydrogen-bond donors (Lipinski definition) is 4. The molecule has 154 valence electrons. The Hall–Kier alpha value is -2.66. The Balaban J connectivity index is 1.40. The summed E-state index contributed by atoms with van der Waals surface area (Å²) in [7, 11) is 0. The van der Waals surface area contributed by atoms with E-state index in [0.29, 0.717) is 25.2 Å². The van der Waals surface area contributed by atoms with E-state index in [1.807, 2.05) is 24.3 Å². The highest BCUT2D eigenvalue weighted by molar-refractivity contribution is 14.1. The first kappa shape index (κ1) is 19.3. The Morgan fingerprint density at radius 3 is 2.80 bits per heavy atom. The van der Waals surface area contributed by atoms with Gasteiger partial charge in [-0.05, 0) is 52.8 Å². The molecule has 0 bridgehead atoms. The van der Waals surface area contributed by atoms with Gasteiger partial charge in [0.1, 0.15) is 12.2 Å². The molecule has 0 aromatic heterocycles. The second-order valence-electron chi connectivity index (χ2n) is 7.61. The van der Waals surface area contributed by atoms with Gasteiger partial charge in [0.05, 0.1) is 6.67 Å². The van der Waals surface area contributed by atoms with Gasteiger partial charge in [-0.2, -0.15) is 0 Å². The summed E-state index contributed by atoms with van der Waals surface area (Å²) in [5, 5.41) is 12.6. The fourth-order valence-corrected chi connectivity index (χ4v) is 4.87. The number of carbonyl (C=O) groups excluding carboxylic acids is 3. The minimum Gasteiger partial charge on any atom is -0.372 e. The zero-order valence-corrected chi connectivity index (χ0v) is 18.2. The van der Waals surface area contributed by atoms with E-state index < -0.39 is 11.9 Å². The van der Waals surface area contributed by atoms with Gasteiger partial charge in [-0.1, -0.05) is 18.2 Å². The number of imide groups is 1. The molecule has 0 spiro atoms. The van der Waals surface area contributed by atoms with E-state index in [9.17, 15) is 14.4 Å². The van der Waals surface area contributed by atoms with Crippen LogP contribution in [0.25, 0.3) is 0 Å². The van der Waals surface area contributed by atoms with Crippen molar-refractivity contribution in [2.24, 2.45) is 0 Å². The van der Waals surface area contributed by atoms with Gasteiger partial charge in [-0.3, -0.25) is 25.0 Å². The molecular formula is C21H20IN5O3. The van der Waals surface area contributed by atoms with Crippen molar-refractivity contribution < 1.29 is 14.4 Å². The van der Waals surface area contributed by atoms with E-state index in [-0.39, 0.29) is 24.4 Å². The lowest BCUT2D eigenvalue weighted by molar-refractivity contribution is -0.136. The van der Waals surface area contributed by atoms with Crippen LogP contribution in [0.2, 0.25) is 0 Å². The Kier molecular flexibility index (Phi) is 4.86. The van der Waals surface area contributed by atoms with Crippen LogP contribution in [0, 0.1) is 3.57 Å². The predicted octanol–water partition coefficient (Wildman–Crippen LogP) is 2.14. The van der Waals surface area contributed by atoms with Crippen LogP contribution < -0.4 is 21.3 Å². The topological polar surface area (TPSA) is 103 Å². The molecule has 5 rings (SSSR count). The number of piperidine rings is 1. The van der Waals surface area contributed by atoms with Crippen molar-refractivity contribution in [3.05, 3.63) is 56.7 Å². The van der Waals surface area contributed by atoms with Gasteiger partial charge in [0, 0.05) is 39.0 Å². The van der Waals surface area contributed by atoms with E-state index in [1.165, 1.54) is 0 Å². The van der Waals surface area contributed by atoms with E-state index in [2.05, 4.69) is 56.0 Å². The Bertz CT molecular complexity index is 1070. The van der Waals surface area contributed by atoms with E-state index in [4.69, 9.17) is 0 Å². The number of anilines is 2. The van der Waals surface area contributed by atoms with Crippen molar-refractivity contribution in [2.75, 3.05) is 17.3 Å². The maximum absolute atomic E-state index is 13.0. The van der Waals surface area contributed by atoms with Crippen LogP contribution in [0.3, 0.4) is 0 Å². The lowest BCUT2D eigenvalue weighted by Gasteiger charge is -2.30. The summed E-state index contributed by atoms with van der Waals surface area (Å²) in [6.45, 7) is 1.01. The van der Waals surface area contributed by atoms with Gasteiger partial charge in [0.15, 0.2) is 0 Å². The maximum atomic E-state index is 13.0. The SMILES string of the molecule is O=C1CCC(N2Cc3cc(NC4NCNc5ccccc54)c(I)cc3C2=O)C(=O)N1. The van der Waals surface area contributed by atoms with Crippen LogP contribution in [-0.4, -0.2) is 35.3 Å². The zero-order chi connectivity index (χ0) is 20.8. The number of fused-ring (bicyclic) bond motifs is 2. The fraction of sp³-hybridized carbons (Fsp3) is 0.286. The average molecular weight is 517 g/mol. The Labute approximate surface area is 186 Å². The third kappa shape index (κ3) is 3.31. The first-order chi connectivity index (χ1) is 14.5. The number of benzene rings is 2. The molecule has 2 aromatic carbocycles. The molecule has 3 aliphatic rings. The highest BCUT2D eigenvalue weighted by Gasteiger charge is 2.39. The molecule has 8 nitrogen and oxygen atoms in total. The number of nitrogens with one attached hydrogen (secondary N) is 4. The third-order valence-corrected chi connectivity index (χ3v) is 6.66. The molecule has 2 aromatic rings. The van der Waals surface area contributed by atoms with Crippen LogP contribution in [0.5, 0.6) is 0 Å². The summed E-state index contributed by atoms with van der Waals surface area (Å²) < 4.78 is 0.933. The molecule has 2 unspecified atom stereocenters. The number of nitrogens with zero attached hydrogens (tertiary/aromatic N) is 1. The van der Waals surface area contributed by atoms with Crippen LogP contribution in [0.4, 0.5) is 11.4 Å². The van der Waals surface area contributed by atoms with Crippen LogP contribution >= 0.6 is 22.6 Å². The molecule has 3 aliphatic heterocycles. The number of rotatable bonds is 3. The van der Waals surface area contributed by atoms with Gasteiger partial charge in [0.2, 0.25) is 11.8 Å². The summed E-state index contributed by atoms with van der Waals surface area (Å²) >= 11 is 2.23. The predicted molar refractivity (Wildman–Crippen MR) is 120 cm³/mol. The third-order valence-electron chi connectivity index (χ3n) is 5.77. The first-order valence-corrected chi connectivity index (χ1v) is 10.9. The standard InChI is InChI=1S/C21H20IN5O3/c22-14-8-13-11(9-27(21(13)30)17-5-6-18(28)26-20(17)29)7-16(14)25-19-12-3-1-2-4-15(12)23-10-24-19/h1-4,7-8,17,19,23-25H,5-6,9-10H2,(H,26,28,29). The molecule has 9 heteroatoms. The monoisotopic (exact) mass is 517 g/mol. The van der Waals surface area contributed by atoms with Crippen molar-refractivity contribution in [3.63, 3.8) is 0 Å². The number of carbonyl (C=O) groups is 3. The molecule has 1 fully saturated rings. The number of para-hydroxylation sites is 1. The normalized spacial score (nSPS) is 22.8. The zero-order valence-electron chi connectivity index (χ0n) is 16.0. The summed E-state index contributed by atoms with van der Waals surface area (Å²) in [5.41, 5.74) is 4.65. The molecule has 3 amide bonds. The van der Waals surface area contributed by atoms with Crippen LogP contribution in [-0.2, 0) is 16.1 Å². The molecule has 0 saturated carbocycles. The summed E-state index contributed by atoms with van der Waals surface area (Å²) in [6, 6.07) is 11.4. The van der Waals surface area contributed by atoms with Crippen molar-refractivity contribution in [2.45, 2.75) is 31.6 Å². The highest BCUT2D eigenvalue weighted by atomic mass is 127. The second kappa shape index (κ2) is 7.55. The van der Waals surface area contributed by atoms with Crippen LogP contribution in [0.1, 0.15) is 40.5 Å². The molecule has 3 heterocycles. The minimum atomic E-state index is -0.602. The lowest BCUT2D eigenvalue weighted by Crippen LogP contribution is -2.52. The van der Waals surface area contributed by atoms with Crippen molar-refractivity contribution >= 4 is 51.7 Å². The Morgan fingerprint density at radius 2 is 1.97 bits per heavy atom. The summed E-state index contributed by atoms with van der Waals surface area (Å²) in [5.74, 6) is -0.832. The van der Waals surface area contributed by atoms with Gasteiger partial charge < -0.3 is 15.5 Å². The van der Waals surface area contributed by atoms with Gasteiger partial charge in [-0.15, -0.1) is 0 Å². The second-order valence-corrected chi connectivity index (χ2v) is 8.77. The molecule has 2 atom stereocenters. The molecule has 1 saturated heterocycles. The van der Waals surface area contributed by atoms with Crippen molar-refractivity contribution in [3.8, 4) is 0 Å². The smallest absolute Gasteiger partial charge is 0.255 e. The molecule has 0 aliphatic carbocycles. The molecule has 30 heavy (non-hydrogen) atoms. The largest absolute Gasteiger partial charge is 0.372 e. The van der Waals surface area contributed by atoms with Crippen LogP contribution in [0.15, 0.2) is 36.4 Å². The summed E-state index contributed by atoms with van der Waals surface area (Å²) in [6.07, 6.45) is 0.557. The first-order valence-electron chi connectivity index (χ1n) is 9.81. The molecular weight excluding hydrogens is 497 g/mol. The van der Waals surface area contributed by atoms with E-state index in [1.54, 1.807) is 4.90 Å². The fourth-order valence-electron chi connectivity index (χ4n) is 4.25. The van der Waals surface area contributed by atoms with Gasteiger partial charge in [0.25, 0.3) is 5.91 Å². The lowest BCUT2D eigenvalue weighted by atomic mass is 10.0. The van der Waals surface area contributed by atoms with Gasteiger partial charge in [-0.25, -0.2) is 0 Å². The van der Waals surface area contributed by atoms with Gasteiger partial charge >= 0.3 is 0 Å². The highest BCUT2D eigenvalue weighted by Crippen LogP contribution is 2.34. The molecule has 0 radical (unpaired) electrons. The molecule has 4 N–H and O–H groups in total. The van der Waals surface area contributed by atoms with Crippen molar-refractivity contribution in [1.29, 1.82) is 0 Å². The average Bonchev–Trinajstić information content (AvgIpc) is 3.04. The maximum Gasteiger partial charge on any atom is 0.255 e. The number of halogens is 1. The minimum absolute atomic E-state index is 0.0580. The number of amides is 3. The van der Waals surface area contributed by atoms with E-state index in [0.717, 1.165) is 26.1 Å². The number of hydrogen-bond acceptors (Lipinski definition) is 6. The van der Waals surface area contributed by atoms with E-state index >= 15 is 0 Å². The summed E-state index contributed by atoms with van der Waals surface area (Å²) in [4.78, 5) is 38.2. The Morgan fingerprint density at radius 1 is 1.13 bits per heavy atom. The quantitative estimate of drug-likeness (QED) is 0.368. The van der Waals surface area contributed by atoms with Crippen molar-refractivity contribution in [1.82, 2.24) is 15.5 Å².